The highest BCUT2D eigenvalue weighted by molar-refractivity contribution is 14.0. The number of nitrogens with zero attached hydrogens (tertiary/aromatic N) is 2. The molecule has 0 unspecified atom stereocenters. The van der Waals surface area contributed by atoms with Crippen LogP contribution in [0.15, 0.2) is 29.4 Å². The second-order valence-corrected chi connectivity index (χ2v) is 2.83. The van der Waals surface area contributed by atoms with E-state index in [1.165, 1.54) is 0 Å². The lowest BCUT2D eigenvalue weighted by Gasteiger charge is -2.04. The van der Waals surface area contributed by atoms with E-state index in [2.05, 4.69) is 20.6 Å². The molecule has 14 heavy (non-hydrogen) atoms. The molecule has 5 heteroatoms. The predicted molar refractivity (Wildman–Crippen MR) is 66.8 cm³/mol. The first-order chi connectivity index (χ1) is 6.45. The quantitative estimate of drug-likeness (QED) is 0.793. The number of halogens is 1. The predicted octanol–water partition coefficient (Wildman–Crippen LogP) is 0.748. The molecule has 1 aromatic heterocycles. The minimum absolute atomic E-state index is 0. The van der Waals surface area contributed by atoms with E-state index in [0.717, 1.165) is 31.3 Å². The van der Waals surface area contributed by atoms with Crippen LogP contribution in [0, 0.1) is 0 Å². The number of aromatic nitrogens is 1. The molecule has 2 heterocycles. The van der Waals surface area contributed by atoms with Crippen LogP contribution in [0.1, 0.15) is 5.69 Å². The van der Waals surface area contributed by atoms with E-state index < -0.39 is 0 Å². The number of hydrogen-bond acceptors (Lipinski definition) is 4. The van der Waals surface area contributed by atoms with Crippen LogP contribution in [0.2, 0.25) is 0 Å². The van der Waals surface area contributed by atoms with Crippen molar-refractivity contribution in [2.24, 2.45) is 4.99 Å². The number of rotatable bonds is 2. The van der Waals surface area contributed by atoms with Crippen molar-refractivity contribution in [1.29, 1.82) is 0 Å². The molecule has 76 valence electrons. The van der Waals surface area contributed by atoms with Gasteiger partial charge in [0.05, 0.1) is 18.8 Å². The van der Waals surface area contributed by atoms with Crippen LogP contribution in [0.3, 0.4) is 0 Å². The molecular formula is C9H13IN4. The molecule has 0 spiro atoms. The Kier molecular flexibility index (Phi) is 4.64. The van der Waals surface area contributed by atoms with Crippen LogP contribution in [-0.4, -0.2) is 24.0 Å². The molecule has 4 nitrogen and oxygen atoms in total. The van der Waals surface area contributed by atoms with Crippen molar-refractivity contribution in [3.63, 3.8) is 0 Å². The van der Waals surface area contributed by atoms with Crippen molar-refractivity contribution in [1.82, 2.24) is 15.6 Å². The molecule has 2 rings (SSSR count). The Hall–Kier alpha value is -0.850. The summed E-state index contributed by atoms with van der Waals surface area (Å²) in [6.45, 7) is 2.53. The van der Waals surface area contributed by atoms with Crippen molar-refractivity contribution in [3.8, 4) is 0 Å². The van der Waals surface area contributed by atoms with Gasteiger partial charge in [0.2, 0.25) is 0 Å². The molecule has 0 saturated carbocycles. The summed E-state index contributed by atoms with van der Waals surface area (Å²) in [5.74, 6) is 0.880. The largest absolute Gasteiger partial charge is 0.355 e. The lowest BCUT2D eigenvalue weighted by Crippen LogP contribution is -2.33. The minimum atomic E-state index is 0. The van der Waals surface area contributed by atoms with Gasteiger partial charge in [-0.1, -0.05) is 6.07 Å². The van der Waals surface area contributed by atoms with Gasteiger partial charge in [-0.15, -0.1) is 24.0 Å². The van der Waals surface area contributed by atoms with E-state index in [0.29, 0.717) is 0 Å². The fourth-order valence-corrected chi connectivity index (χ4v) is 1.19. The molecule has 1 aromatic rings. The smallest absolute Gasteiger partial charge is 0.191 e. The Balaban J connectivity index is 0.000000980. The Bertz CT molecular complexity index is 299. The molecule has 0 atom stereocenters. The second kappa shape index (κ2) is 5.79. The highest BCUT2D eigenvalue weighted by atomic mass is 127. The van der Waals surface area contributed by atoms with E-state index in [9.17, 15) is 0 Å². The summed E-state index contributed by atoms with van der Waals surface area (Å²) in [7, 11) is 0. The summed E-state index contributed by atoms with van der Waals surface area (Å²) < 4.78 is 0. The molecule has 0 amide bonds. The summed E-state index contributed by atoms with van der Waals surface area (Å²) in [5.41, 5.74) is 1.03. The third kappa shape index (κ3) is 3.13. The van der Waals surface area contributed by atoms with E-state index in [4.69, 9.17) is 0 Å². The summed E-state index contributed by atoms with van der Waals surface area (Å²) in [6.07, 6.45) is 1.79. The first-order valence-electron chi connectivity index (χ1n) is 4.37. The number of guanidine groups is 1. The highest BCUT2D eigenvalue weighted by Gasteiger charge is 2.03. The van der Waals surface area contributed by atoms with Crippen LogP contribution in [0.4, 0.5) is 0 Å². The summed E-state index contributed by atoms with van der Waals surface area (Å²) in [5, 5.41) is 6.31. The first-order valence-corrected chi connectivity index (χ1v) is 4.37. The van der Waals surface area contributed by atoms with Gasteiger partial charge in [0.1, 0.15) is 0 Å². The molecule has 0 aliphatic carbocycles. The van der Waals surface area contributed by atoms with Crippen molar-refractivity contribution >= 4 is 29.9 Å². The van der Waals surface area contributed by atoms with Gasteiger partial charge in [-0.3, -0.25) is 9.98 Å². The molecule has 0 fully saturated rings. The van der Waals surface area contributed by atoms with Crippen LogP contribution in [0.25, 0.3) is 0 Å². The zero-order valence-electron chi connectivity index (χ0n) is 7.73. The maximum Gasteiger partial charge on any atom is 0.191 e. The second-order valence-electron chi connectivity index (χ2n) is 2.83. The average molecular weight is 304 g/mol. The van der Waals surface area contributed by atoms with Gasteiger partial charge in [-0.05, 0) is 12.1 Å². The molecule has 0 aromatic carbocycles. The average Bonchev–Trinajstić information content (AvgIpc) is 2.69. The van der Waals surface area contributed by atoms with Crippen molar-refractivity contribution in [2.75, 3.05) is 13.1 Å². The lowest BCUT2D eigenvalue weighted by atomic mass is 10.3. The molecule has 1 aliphatic heterocycles. The molecular weight excluding hydrogens is 291 g/mol. The van der Waals surface area contributed by atoms with Gasteiger partial charge in [-0.25, -0.2) is 0 Å². The standard InChI is InChI=1S/C9H12N4.HI/c1-2-4-10-8(3-1)7-13-9-11-5-6-12-9;/h1-4H,5-7H2,(H2,11,12,13);1H. The summed E-state index contributed by atoms with van der Waals surface area (Å²) in [6, 6.07) is 5.88. The van der Waals surface area contributed by atoms with Gasteiger partial charge < -0.3 is 10.6 Å². The van der Waals surface area contributed by atoms with E-state index >= 15 is 0 Å². The SMILES string of the molecule is I.c1ccc(CNC2=NCCN2)nc1. The van der Waals surface area contributed by atoms with Gasteiger partial charge >= 0.3 is 0 Å². The summed E-state index contributed by atoms with van der Waals surface area (Å²) >= 11 is 0. The number of pyridine rings is 1. The molecule has 0 radical (unpaired) electrons. The highest BCUT2D eigenvalue weighted by Crippen LogP contribution is 1.92. The topological polar surface area (TPSA) is 49.3 Å². The summed E-state index contributed by atoms with van der Waals surface area (Å²) in [4.78, 5) is 8.41. The fourth-order valence-electron chi connectivity index (χ4n) is 1.19. The maximum absolute atomic E-state index is 4.22. The van der Waals surface area contributed by atoms with Gasteiger partial charge in [-0.2, -0.15) is 0 Å². The van der Waals surface area contributed by atoms with Crippen molar-refractivity contribution in [2.45, 2.75) is 6.54 Å². The van der Waals surface area contributed by atoms with Crippen LogP contribution in [-0.2, 0) is 6.54 Å². The lowest BCUT2D eigenvalue weighted by molar-refractivity contribution is 0.840. The Morgan fingerprint density at radius 2 is 2.36 bits per heavy atom. The number of hydrogen-bond donors (Lipinski definition) is 2. The van der Waals surface area contributed by atoms with E-state index in [1.807, 2.05) is 18.2 Å². The molecule has 0 saturated heterocycles. The Morgan fingerprint density at radius 1 is 1.43 bits per heavy atom. The number of nitrogens with one attached hydrogen (secondary N) is 2. The minimum Gasteiger partial charge on any atom is -0.355 e. The molecule has 1 aliphatic rings. The zero-order chi connectivity index (χ0) is 8.93. The molecule has 0 bridgehead atoms. The first kappa shape index (κ1) is 11.2. The third-order valence-corrected chi connectivity index (χ3v) is 1.84. The maximum atomic E-state index is 4.22. The van der Waals surface area contributed by atoms with Crippen LogP contribution < -0.4 is 10.6 Å². The van der Waals surface area contributed by atoms with Crippen molar-refractivity contribution < 1.29 is 0 Å². The number of aliphatic imine (C=N–C) groups is 1. The Morgan fingerprint density at radius 3 is 3.00 bits per heavy atom. The van der Waals surface area contributed by atoms with Crippen molar-refractivity contribution in [3.05, 3.63) is 30.1 Å². The Labute approximate surface area is 100 Å². The van der Waals surface area contributed by atoms with Crippen LogP contribution in [0.5, 0.6) is 0 Å². The van der Waals surface area contributed by atoms with Gasteiger partial charge in [0.15, 0.2) is 5.96 Å². The third-order valence-electron chi connectivity index (χ3n) is 1.84. The van der Waals surface area contributed by atoms with E-state index in [-0.39, 0.29) is 24.0 Å². The van der Waals surface area contributed by atoms with Gasteiger partial charge in [0.25, 0.3) is 0 Å². The zero-order valence-corrected chi connectivity index (χ0v) is 10.1. The normalized spacial score (nSPS) is 13.9. The fraction of sp³-hybridized carbons (Fsp3) is 0.333. The van der Waals surface area contributed by atoms with Gasteiger partial charge in [0, 0.05) is 12.7 Å². The van der Waals surface area contributed by atoms with E-state index in [1.54, 1.807) is 6.20 Å². The monoisotopic (exact) mass is 304 g/mol. The van der Waals surface area contributed by atoms with Crippen LogP contribution >= 0.6 is 24.0 Å². The molecule has 2 N–H and O–H groups in total.